The van der Waals surface area contributed by atoms with Crippen LogP contribution in [-0.2, 0) is 0 Å². The molecule has 1 N–H and O–H groups in total. The summed E-state index contributed by atoms with van der Waals surface area (Å²) in [6.45, 7) is 8.81. The maximum Gasteiger partial charge on any atom is 0.173 e. The smallest absolute Gasteiger partial charge is 0.173 e. The molecule has 0 fully saturated rings. The van der Waals surface area contributed by atoms with Crippen LogP contribution in [0.2, 0.25) is 0 Å². The molecular formula is C14H18N2OS. The molecule has 1 aromatic carbocycles. The van der Waals surface area contributed by atoms with Crippen LogP contribution in [0.25, 0.3) is 0 Å². The van der Waals surface area contributed by atoms with Crippen molar-refractivity contribution in [1.29, 1.82) is 0 Å². The lowest BCUT2D eigenvalue weighted by molar-refractivity contribution is 0.415. The van der Waals surface area contributed by atoms with Gasteiger partial charge in [-0.05, 0) is 36.5 Å². The summed E-state index contributed by atoms with van der Waals surface area (Å²) in [5, 5.41) is 3.82. The topological polar surface area (TPSA) is 24.5 Å². The monoisotopic (exact) mass is 262 g/mol. The number of methoxy groups -OCH3 is 1. The molecule has 0 spiro atoms. The van der Waals surface area contributed by atoms with Gasteiger partial charge in [-0.15, -0.1) is 13.2 Å². The van der Waals surface area contributed by atoms with E-state index in [0.29, 0.717) is 18.2 Å². The van der Waals surface area contributed by atoms with Crippen molar-refractivity contribution < 1.29 is 4.74 Å². The largest absolute Gasteiger partial charge is 0.497 e. The minimum absolute atomic E-state index is 0.653. The molecule has 0 heterocycles. The number of hydrogen-bond acceptors (Lipinski definition) is 2. The van der Waals surface area contributed by atoms with Crippen LogP contribution < -0.4 is 10.1 Å². The highest BCUT2D eigenvalue weighted by Crippen LogP contribution is 2.15. The molecule has 0 radical (unpaired) electrons. The summed E-state index contributed by atoms with van der Waals surface area (Å²) in [6, 6.07) is 7.61. The van der Waals surface area contributed by atoms with E-state index in [1.165, 1.54) is 0 Å². The Balaban J connectivity index is 2.65. The molecule has 0 aliphatic rings. The minimum Gasteiger partial charge on any atom is -0.497 e. The predicted octanol–water partition coefficient (Wildman–Crippen LogP) is 3.07. The van der Waals surface area contributed by atoms with Gasteiger partial charge in [-0.3, -0.25) is 0 Å². The van der Waals surface area contributed by atoms with Crippen molar-refractivity contribution in [1.82, 2.24) is 4.90 Å². The van der Waals surface area contributed by atoms with E-state index in [9.17, 15) is 0 Å². The lowest BCUT2D eigenvalue weighted by Crippen LogP contribution is -2.34. The van der Waals surface area contributed by atoms with Crippen molar-refractivity contribution in [2.75, 3.05) is 25.5 Å². The molecule has 1 rings (SSSR count). The van der Waals surface area contributed by atoms with Crippen LogP contribution in [0.5, 0.6) is 5.75 Å². The zero-order chi connectivity index (χ0) is 13.4. The van der Waals surface area contributed by atoms with Gasteiger partial charge in [0.25, 0.3) is 0 Å². The Kier molecular flexibility index (Phi) is 5.94. The summed E-state index contributed by atoms with van der Waals surface area (Å²) >= 11 is 5.34. The summed E-state index contributed by atoms with van der Waals surface area (Å²) < 4.78 is 5.10. The normalized spacial score (nSPS) is 9.39. The Morgan fingerprint density at radius 1 is 1.28 bits per heavy atom. The molecule has 4 heteroatoms. The van der Waals surface area contributed by atoms with Crippen molar-refractivity contribution in [3.63, 3.8) is 0 Å². The van der Waals surface area contributed by atoms with Gasteiger partial charge in [-0.1, -0.05) is 12.2 Å². The fourth-order valence-electron chi connectivity index (χ4n) is 1.43. The van der Waals surface area contributed by atoms with Gasteiger partial charge in [0.2, 0.25) is 0 Å². The van der Waals surface area contributed by atoms with Crippen molar-refractivity contribution in [2.24, 2.45) is 0 Å². The Hall–Kier alpha value is -1.81. The van der Waals surface area contributed by atoms with Crippen LogP contribution in [0.4, 0.5) is 5.69 Å². The first-order chi connectivity index (χ1) is 8.71. The summed E-state index contributed by atoms with van der Waals surface area (Å²) in [6.07, 6.45) is 3.62. The average molecular weight is 262 g/mol. The first kappa shape index (κ1) is 14.3. The third kappa shape index (κ3) is 4.22. The second-order valence-electron chi connectivity index (χ2n) is 3.64. The van der Waals surface area contributed by atoms with Crippen LogP contribution in [0.1, 0.15) is 0 Å². The summed E-state index contributed by atoms with van der Waals surface area (Å²) in [5.74, 6) is 0.820. The van der Waals surface area contributed by atoms with Crippen molar-refractivity contribution in [2.45, 2.75) is 0 Å². The molecule has 0 unspecified atom stereocenters. The standard InChI is InChI=1S/C14H18N2OS/c1-4-10-16(11-5-2)14(18)15-12-6-8-13(17-3)9-7-12/h4-9H,1-2,10-11H2,3H3,(H,15,18). The lowest BCUT2D eigenvalue weighted by atomic mass is 10.3. The Morgan fingerprint density at radius 2 is 1.83 bits per heavy atom. The first-order valence-corrected chi connectivity index (χ1v) is 6.04. The SMILES string of the molecule is C=CCN(CC=C)C(=S)Nc1ccc(OC)cc1. The van der Waals surface area contributed by atoms with Gasteiger partial charge in [0, 0.05) is 18.8 Å². The number of rotatable bonds is 6. The van der Waals surface area contributed by atoms with E-state index in [-0.39, 0.29) is 0 Å². The molecule has 0 atom stereocenters. The number of ether oxygens (including phenoxy) is 1. The van der Waals surface area contributed by atoms with Crippen LogP contribution >= 0.6 is 12.2 Å². The maximum atomic E-state index is 5.34. The summed E-state index contributed by atoms with van der Waals surface area (Å²) in [7, 11) is 1.64. The van der Waals surface area contributed by atoms with Gasteiger partial charge in [-0.2, -0.15) is 0 Å². The number of nitrogens with zero attached hydrogens (tertiary/aromatic N) is 1. The van der Waals surface area contributed by atoms with Crippen LogP contribution in [0.15, 0.2) is 49.6 Å². The van der Waals surface area contributed by atoms with Crippen LogP contribution in [-0.4, -0.2) is 30.2 Å². The lowest BCUT2D eigenvalue weighted by Gasteiger charge is -2.23. The fraction of sp³-hybridized carbons (Fsp3) is 0.214. The minimum atomic E-state index is 0.653. The molecule has 1 aromatic rings. The number of anilines is 1. The molecule has 96 valence electrons. The summed E-state index contributed by atoms with van der Waals surface area (Å²) in [4.78, 5) is 1.97. The maximum absolute atomic E-state index is 5.34. The molecule has 0 aliphatic carbocycles. The Morgan fingerprint density at radius 3 is 2.28 bits per heavy atom. The second-order valence-corrected chi connectivity index (χ2v) is 4.03. The molecule has 0 aromatic heterocycles. The molecular weight excluding hydrogens is 244 g/mol. The van der Waals surface area contributed by atoms with E-state index >= 15 is 0 Å². The van der Waals surface area contributed by atoms with Crippen molar-refractivity contribution >= 4 is 23.0 Å². The van der Waals surface area contributed by atoms with Gasteiger partial charge < -0.3 is 15.0 Å². The molecule has 0 bridgehead atoms. The van der Waals surface area contributed by atoms with Gasteiger partial charge >= 0.3 is 0 Å². The van der Waals surface area contributed by atoms with Crippen LogP contribution in [0, 0.1) is 0 Å². The predicted molar refractivity (Wildman–Crippen MR) is 81.2 cm³/mol. The first-order valence-electron chi connectivity index (χ1n) is 5.63. The van der Waals surface area contributed by atoms with Gasteiger partial charge in [0.15, 0.2) is 5.11 Å². The van der Waals surface area contributed by atoms with E-state index in [4.69, 9.17) is 17.0 Å². The van der Waals surface area contributed by atoms with E-state index in [0.717, 1.165) is 11.4 Å². The highest BCUT2D eigenvalue weighted by molar-refractivity contribution is 7.80. The van der Waals surface area contributed by atoms with Crippen molar-refractivity contribution in [3.8, 4) is 5.75 Å². The molecule has 0 aliphatic heterocycles. The molecule has 0 saturated carbocycles. The Labute approximate surface area is 114 Å². The highest BCUT2D eigenvalue weighted by atomic mass is 32.1. The van der Waals surface area contributed by atoms with Crippen LogP contribution in [0.3, 0.4) is 0 Å². The van der Waals surface area contributed by atoms with Crippen molar-refractivity contribution in [3.05, 3.63) is 49.6 Å². The molecule has 3 nitrogen and oxygen atoms in total. The molecule has 18 heavy (non-hydrogen) atoms. The number of hydrogen-bond donors (Lipinski definition) is 1. The average Bonchev–Trinajstić information content (AvgIpc) is 2.39. The van der Waals surface area contributed by atoms with Gasteiger partial charge in [-0.25, -0.2) is 0 Å². The quantitative estimate of drug-likeness (QED) is 0.629. The van der Waals surface area contributed by atoms with E-state index in [1.807, 2.05) is 41.3 Å². The van der Waals surface area contributed by atoms with E-state index < -0.39 is 0 Å². The Bertz CT molecular complexity index is 404. The third-order valence-corrected chi connectivity index (χ3v) is 2.69. The number of nitrogens with one attached hydrogen (secondary N) is 1. The highest BCUT2D eigenvalue weighted by Gasteiger charge is 2.06. The molecule has 0 saturated heterocycles. The summed E-state index contributed by atoms with van der Waals surface area (Å²) in [5.41, 5.74) is 0.930. The number of benzene rings is 1. The third-order valence-electron chi connectivity index (χ3n) is 2.33. The molecule has 0 amide bonds. The van der Waals surface area contributed by atoms with E-state index in [1.54, 1.807) is 7.11 Å². The zero-order valence-corrected chi connectivity index (χ0v) is 11.4. The van der Waals surface area contributed by atoms with Gasteiger partial charge in [0.05, 0.1) is 7.11 Å². The van der Waals surface area contributed by atoms with E-state index in [2.05, 4.69) is 18.5 Å². The second kappa shape index (κ2) is 7.50. The number of thiocarbonyl (C=S) groups is 1. The fourth-order valence-corrected chi connectivity index (χ4v) is 1.70. The zero-order valence-electron chi connectivity index (χ0n) is 10.6. The van der Waals surface area contributed by atoms with Gasteiger partial charge in [0.1, 0.15) is 5.75 Å².